The lowest BCUT2D eigenvalue weighted by atomic mass is 10.2. The fourth-order valence-electron chi connectivity index (χ4n) is 2.05. The second-order valence-corrected chi connectivity index (χ2v) is 4.19. The fraction of sp³-hybridized carbons (Fsp3) is 0.333. The third-order valence-corrected chi connectivity index (χ3v) is 2.94. The average Bonchev–Trinajstić information content (AvgIpc) is 2.93. The lowest BCUT2D eigenvalue weighted by molar-refractivity contribution is -0.149. The molecule has 2 atom stereocenters. The zero-order valence-corrected chi connectivity index (χ0v) is 9.30. The van der Waals surface area contributed by atoms with E-state index in [-0.39, 0.29) is 0 Å². The third-order valence-electron chi connectivity index (χ3n) is 2.94. The molecule has 0 radical (unpaired) electrons. The maximum Gasteiger partial charge on any atom is 0.332 e. The average molecular weight is 251 g/mol. The van der Waals surface area contributed by atoms with Crippen molar-refractivity contribution < 1.29 is 23.4 Å². The number of carboxylic acid groups (broad SMARTS) is 1. The quantitative estimate of drug-likeness (QED) is 0.886. The van der Waals surface area contributed by atoms with Crippen LogP contribution in [0.1, 0.15) is 24.8 Å². The van der Waals surface area contributed by atoms with E-state index in [0.29, 0.717) is 29.8 Å². The molecule has 0 amide bonds. The molecule has 2 aromatic rings. The van der Waals surface area contributed by atoms with E-state index < -0.39 is 24.0 Å². The molecule has 6 heteroatoms. The van der Waals surface area contributed by atoms with Crippen LogP contribution in [-0.2, 0) is 9.53 Å². The normalized spacial score (nSPS) is 23.6. The molecule has 1 aromatic carbocycles. The van der Waals surface area contributed by atoms with E-state index in [1.165, 1.54) is 18.2 Å². The number of carbonyl (C=O) groups is 1. The Kier molecular flexibility index (Phi) is 2.52. The van der Waals surface area contributed by atoms with E-state index in [1.54, 1.807) is 0 Å². The number of oxazole rings is 1. The molecule has 1 aromatic heterocycles. The Labute approximate surface area is 101 Å². The number of hydrogen-bond donors (Lipinski definition) is 1. The molecule has 0 aliphatic carbocycles. The molecular weight excluding hydrogens is 241 g/mol. The third kappa shape index (κ3) is 1.84. The van der Waals surface area contributed by atoms with Crippen molar-refractivity contribution in [2.45, 2.75) is 25.0 Å². The highest BCUT2D eigenvalue weighted by molar-refractivity contribution is 5.73. The van der Waals surface area contributed by atoms with Gasteiger partial charge in [-0.25, -0.2) is 14.2 Å². The lowest BCUT2D eigenvalue weighted by Crippen LogP contribution is -2.18. The van der Waals surface area contributed by atoms with E-state index in [1.807, 2.05) is 0 Å². The highest BCUT2D eigenvalue weighted by Crippen LogP contribution is 2.33. The molecule has 1 N–H and O–H groups in total. The molecule has 1 aliphatic heterocycles. The van der Waals surface area contributed by atoms with Gasteiger partial charge in [0.05, 0.1) is 0 Å². The Morgan fingerprint density at radius 1 is 1.44 bits per heavy atom. The highest BCUT2D eigenvalue weighted by atomic mass is 19.1. The van der Waals surface area contributed by atoms with Crippen molar-refractivity contribution in [3.05, 3.63) is 29.9 Å². The topological polar surface area (TPSA) is 72.6 Å². The van der Waals surface area contributed by atoms with Crippen LogP contribution in [0.25, 0.3) is 11.1 Å². The number of ether oxygens (including phenoxy) is 1. The first-order valence-corrected chi connectivity index (χ1v) is 5.58. The van der Waals surface area contributed by atoms with Crippen molar-refractivity contribution in [1.29, 1.82) is 0 Å². The van der Waals surface area contributed by atoms with Gasteiger partial charge in [-0.3, -0.25) is 0 Å². The Bertz CT molecular complexity index is 609. The number of rotatable bonds is 2. The minimum atomic E-state index is -0.986. The van der Waals surface area contributed by atoms with Crippen LogP contribution in [0, 0.1) is 5.82 Å². The van der Waals surface area contributed by atoms with Gasteiger partial charge in [-0.05, 0) is 25.0 Å². The maximum absolute atomic E-state index is 13.0. The summed E-state index contributed by atoms with van der Waals surface area (Å²) in [5, 5.41) is 8.83. The summed E-state index contributed by atoms with van der Waals surface area (Å²) >= 11 is 0. The summed E-state index contributed by atoms with van der Waals surface area (Å²) in [6.45, 7) is 0. The zero-order chi connectivity index (χ0) is 12.7. The molecule has 1 aliphatic rings. The smallest absolute Gasteiger partial charge is 0.332 e. The van der Waals surface area contributed by atoms with Gasteiger partial charge in [0.1, 0.15) is 17.4 Å². The molecule has 0 saturated carbocycles. The number of nitrogens with zero attached hydrogens (tertiary/aromatic N) is 1. The SMILES string of the molecule is O=C(O)C1CCC(c2nc3ccc(F)cc3o2)O1. The van der Waals surface area contributed by atoms with Gasteiger partial charge in [-0.2, -0.15) is 0 Å². The molecule has 0 bridgehead atoms. The predicted octanol–water partition coefficient (Wildman–Crippen LogP) is 2.27. The Morgan fingerprint density at radius 3 is 3.00 bits per heavy atom. The van der Waals surface area contributed by atoms with Gasteiger partial charge in [0.25, 0.3) is 0 Å². The van der Waals surface area contributed by atoms with Crippen molar-refractivity contribution in [2.75, 3.05) is 0 Å². The number of halogens is 1. The molecule has 18 heavy (non-hydrogen) atoms. The highest BCUT2D eigenvalue weighted by Gasteiger charge is 2.34. The molecule has 2 heterocycles. The van der Waals surface area contributed by atoms with E-state index >= 15 is 0 Å². The van der Waals surface area contributed by atoms with Crippen LogP contribution in [0.4, 0.5) is 4.39 Å². The van der Waals surface area contributed by atoms with Gasteiger partial charge in [0.15, 0.2) is 11.7 Å². The summed E-state index contributed by atoms with van der Waals surface area (Å²) in [6.07, 6.45) is -0.331. The number of benzene rings is 1. The van der Waals surface area contributed by atoms with Crippen molar-refractivity contribution in [3.63, 3.8) is 0 Å². The van der Waals surface area contributed by atoms with Crippen LogP contribution in [0.2, 0.25) is 0 Å². The molecule has 0 spiro atoms. The van der Waals surface area contributed by atoms with Gasteiger partial charge in [0, 0.05) is 6.07 Å². The largest absolute Gasteiger partial charge is 0.479 e. The minimum absolute atomic E-state index is 0.305. The number of carboxylic acids is 1. The molecule has 94 valence electrons. The van der Waals surface area contributed by atoms with Crippen molar-refractivity contribution >= 4 is 17.1 Å². The van der Waals surface area contributed by atoms with Crippen LogP contribution in [0.15, 0.2) is 22.6 Å². The second-order valence-electron chi connectivity index (χ2n) is 4.19. The molecule has 3 rings (SSSR count). The van der Waals surface area contributed by atoms with Gasteiger partial charge >= 0.3 is 5.97 Å². The molecule has 5 nitrogen and oxygen atoms in total. The van der Waals surface area contributed by atoms with Crippen molar-refractivity contribution in [2.24, 2.45) is 0 Å². The predicted molar refractivity (Wildman–Crippen MR) is 58.5 cm³/mol. The summed E-state index contributed by atoms with van der Waals surface area (Å²) in [5.41, 5.74) is 0.876. The number of fused-ring (bicyclic) bond motifs is 1. The molecule has 2 unspecified atom stereocenters. The first-order chi connectivity index (χ1) is 8.63. The van der Waals surface area contributed by atoms with Crippen molar-refractivity contribution in [1.82, 2.24) is 4.98 Å². The van der Waals surface area contributed by atoms with Crippen LogP contribution >= 0.6 is 0 Å². The Morgan fingerprint density at radius 2 is 2.28 bits per heavy atom. The van der Waals surface area contributed by atoms with E-state index in [9.17, 15) is 9.18 Å². The summed E-state index contributed by atoms with van der Waals surface area (Å²) in [6, 6.07) is 4.06. The fourth-order valence-corrected chi connectivity index (χ4v) is 2.05. The first kappa shape index (κ1) is 11.2. The second kappa shape index (κ2) is 4.06. The van der Waals surface area contributed by atoms with E-state index in [0.717, 1.165) is 0 Å². The zero-order valence-electron chi connectivity index (χ0n) is 9.30. The van der Waals surface area contributed by atoms with Crippen LogP contribution in [0.5, 0.6) is 0 Å². The Hall–Kier alpha value is -1.95. The van der Waals surface area contributed by atoms with Crippen LogP contribution in [0.3, 0.4) is 0 Å². The number of aliphatic carboxylic acids is 1. The van der Waals surface area contributed by atoms with Crippen molar-refractivity contribution in [3.8, 4) is 0 Å². The maximum atomic E-state index is 13.0. The number of aromatic nitrogens is 1. The summed E-state index contributed by atoms with van der Waals surface area (Å²) in [5.74, 6) is -1.08. The van der Waals surface area contributed by atoms with Crippen LogP contribution < -0.4 is 0 Å². The molecule has 1 fully saturated rings. The summed E-state index contributed by atoms with van der Waals surface area (Å²) < 4.78 is 23.7. The first-order valence-electron chi connectivity index (χ1n) is 5.58. The van der Waals surface area contributed by atoms with E-state index in [4.69, 9.17) is 14.3 Å². The van der Waals surface area contributed by atoms with E-state index in [2.05, 4.69) is 4.98 Å². The summed E-state index contributed by atoms with van der Waals surface area (Å²) in [4.78, 5) is 14.9. The lowest BCUT2D eigenvalue weighted by Gasteiger charge is -2.06. The molecule has 1 saturated heterocycles. The standard InChI is InChI=1S/C12H10FNO4/c13-6-1-2-7-10(5-6)18-11(14-7)8-3-4-9(17-8)12(15)16/h1-2,5,8-9H,3-4H2,(H,15,16). The number of hydrogen-bond acceptors (Lipinski definition) is 4. The summed E-state index contributed by atoms with van der Waals surface area (Å²) in [7, 11) is 0. The Balaban J connectivity index is 1.89. The van der Waals surface area contributed by atoms with Gasteiger partial charge in [-0.15, -0.1) is 0 Å². The van der Waals surface area contributed by atoms with Gasteiger partial charge in [0.2, 0.25) is 5.89 Å². The van der Waals surface area contributed by atoms with Gasteiger partial charge < -0.3 is 14.3 Å². The van der Waals surface area contributed by atoms with Crippen LogP contribution in [-0.4, -0.2) is 22.2 Å². The van der Waals surface area contributed by atoms with Gasteiger partial charge in [-0.1, -0.05) is 0 Å². The molecular formula is C12H10FNO4. The minimum Gasteiger partial charge on any atom is -0.479 e. The monoisotopic (exact) mass is 251 g/mol.